The van der Waals surface area contributed by atoms with Gasteiger partial charge in [0.2, 0.25) is 0 Å². The van der Waals surface area contributed by atoms with E-state index in [0.29, 0.717) is 57.4 Å². The summed E-state index contributed by atoms with van der Waals surface area (Å²) < 4.78 is 84.0. The highest BCUT2D eigenvalue weighted by molar-refractivity contribution is 8.18. The summed E-state index contributed by atoms with van der Waals surface area (Å²) in [7, 11) is 3.92. The Bertz CT molecular complexity index is 3060. The number of aromatic nitrogens is 4. The van der Waals surface area contributed by atoms with Crippen LogP contribution in [0.1, 0.15) is 33.4 Å². The number of aliphatic hydroxyl groups excluding tert-OH is 2. The third kappa shape index (κ3) is 11.9. The second-order valence-corrected chi connectivity index (χ2v) is 20.9. The van der Waals surface area contributed by atoms with Crippen LogP contribution >= 0.6 is 46.7 Å². The summed E-state index contributed by atoms with van der Waals surface area (Å²) in [5.41, 5.74) is 1.41. The van der Waals surface area contributed by atoms with E-state index in [0.717, 1.165) is 47.1 Å². The molecule has 0 aliphatic carbocycles. The molecule has 2 aromatic heterocycles. The summed E-state index contributed by atoms with van der Waals surface area (Å²) in [4.78, 5) is 42.7. The molecule has 0 spiro atoms. The number of aliphatic hydroxyl groups is 2. The molecule has 4 aliphatic rings. The zero-order valence-electron chi connectivity index (χ0n) is 39.5. The maximum Gasteiger partial charge on any atom is 0.416 e. The molecular formula is C50H46Cl2F6N10O4S2. The van der Waals surface area contributed by atoms with Crippen LogP contribution in [-0.4, -0.2) is 150 Å². The van der Waals surface area contributed by atoms with Gasteiger partial charge in [0, 0.05) is 60.1 Å². The van der Waals surface area contributed by atoms with Gasteiger partial charge in [-0.25, -0.2) is 0 Å². The number of likely N-dealkylation sites (N-methyl/N-ethyl adjacent to an activating group) is 2. The van der Waals surface area contributed by atoms with Crippen LogP contribution in [0.15, 0.2) is 105 Å². The molecule has 74 heavy (non-hydrogen) atoms. The quantitative estimate of drug-likeness (QED) is 0.111. The van der Waals surface area contributed by atoms with E-state index in [9.17, 15) is 46.1 Å². The minimum atomic E-state index is -4.53. The molecule has 14 nitrogen and oxygen atoms in total. The van der Waals surface area contributed by atoms with Gasteiger partial charge in [0.15, 0.2) is 10.3 Å². The van der Waals surface area contributed by atoms with Crippen molar-refractivity contribution < 1.29 is 46.1 Å². The predicted octanol–water partition coefficient (Wildman–Crippen LogP) is 8.67. The summed E-state index contributed by atoms with van der Waals surface area (Å²) in [5.74, 6) is -0.643. The number of benzene rings is 4. The van der Waals surface area contributed by atoms with Gasteiger partial charge in [0.1, 0.15) is 0 Å². The lowest BCUT2D eigenvalue weighted by molar-refractivity contribution is -0.139. The zero-order chi connectivity index (χ0) is 52.6. The first-order chi connectivity index (χ1) is 35.2. The molecule has 0 radical (unpaired) electrons. The highest BCUT2D eigenvalue weighted by Gasteiger charge is 2.36. The third-order valence-corrected chi connectivity index (χ3v) is 15.6. The van der Waals surface area contributed by atoms with Crippen molar-refractivity contribution in [3.05, 3.63) is 138 Å². The number of hydrogen-bond acceptors (Lipinski definition) is 12. The number of carbonyl (C=O) groups excluding carboxylic acids is 2. The summed E-state index contributed by atoms with van der Waals surface area (Å²) in [6.07, 6.45) is -2.38. The molecule has 2 fully saturated rings. The Kier molecular flexibility index (Phi) is 15.7. The maximum atomic E-state index is 13.5. The topological polar surface area (TPSA) is 148 Å². The Hall–Kier alpha value is -5.72. The summed E-state index contributed by atoms with van der Waals surface area (Å²) in [6.45, 7) is 4.07. The highest BCUT2D eigenvalue weighted by atomic mass is 35.5. The van der Waals surface area contributed by atoms with Crippen LogP contribution in [0.4, 0.5) is 26.3 Å². The monoisotopic (exact) mass is 1100 g/mol. The van der Waals surface area contributed by atoms with Crippen LogP contribution in [0.3, 0.4) is 0 Å². The van der Waals surface area contributed by atoms with E-state index in [4.69, 9.17) is 23.2 Å². The van der Waals surface area contributed by atoms with Crippen LogP contribution in [0.5, 0.6) is 0 Å². The van der Waals surface area contributed by atoms with E-state index in [-0.39, 0.29) is 71.4 Å². The fourth-order valence-electron chi connectivity index (χ4n) is 8.87. The van der Waals surface area contributed by atoms with Gasteiger partial charge in [-0.15, -0.1) is 0 Å². The number of halogens is 8. The van der Waals surface area contributed by atoms with E-state index in [1.54, 1.807) is 48.8 Å². The number of piperazine rings is 2. The molecule has 2 atom stereocenters. The molecule has 4 aromatic carbocycles. The lowest BCUT2D eigenvalue weighted by Crippen LogP contribution is -2.53. The number of hydrogen-bond donors (Lipinski definition) is 2. The number of carbonyl (C=O) groups is 2. The Morgan fingerprint density at radius 3 is 1.39 bits per heavy atom. The minimum absolute atomic E-state index is 0.0146. The van der Waals surface area contributed by atoms with Gasteiger partial charge in [-0.2, -0.15) is 46.5 Å². The lowest BCUT2D eigenvalue weighted by atomic mass is 10.1. The molecule has 388 valence electrons. The van der Waals surface area contributed by atoms with Crippen LogP contribution in [0.2, 0.25) is 10.0 Å². The smallest absolute Gasteiger partial charge is 0.395 e. The number of rotatable bonds is 8. The van der Waals surface area contributed by atoms with E-state index in [2.05, 4.69) is 30.0 Å². The summed E-state index contributed by atoms with van der Waals surface area (Å²) >= 11 is 14.2. The number of amides is 2. The fraction of sp³-hybridized carbons (Fsp3) is 0.320. The molecule has 2 saturated heterocycles. The first-order valence-corrected chi connectivity index (χ1v) is 25.4. The van der Waals surface area contributed by atoms with Crippen LogP contribution in [0.25, 0.3) is 34.0 Å². The molecule has 6 heterocycles. The van der Waals surface area contributed by atoms with E-state index in [1.165, 1.54) is 57.2 Å². The molecule has 10 rings (SSSR count). The zero-order valence-corrected chi connectivity index (χ0v) is 42.6. The van der Waals surface area contributed by atoms with Gasteiger partial charge < -0.3 is 20.0 Å². The van der Waals surface area contributed by atoms with E-state index in [1.807, 2.05) is 36.0 Å². The Labute approximate surface area is 438 Å². The molecule has 0 unspecified atom stereocenters. The molecular weight excluding hydrogens is 1050 g/mol. The second-order valence-electron chi connectivity index (χ2n) is 18.0. The molecule has 4 aliphatic heterocycles. The van der Waals surface area contributed by atoms with Crippen molar-refractivity contribution in [1.82, 2.24) is 39.2 Å². The molecule has 0 saturated carbocycles. The summed E-state index contributed by atoms with van der Waals surface area (Å²) in [5, 5.41) is 30.5. The average Bonchev–Trinajstić information content (AvgIpc) is 4.15. The Morgan fingerprint density at radius 2 is 1.01 bits per heavy atom. The molecule has 24 heteroatoms. The van der Waals surface area contributed by atoms with Gasteiger partial charge in [0.25, 0.3) is 11.8 Å². The fourth-order valence-corrected chi connectivity index (χ4v) is 11.1. The van der Waals surface area contributed by atoms with Crippen LogP contribution in [-0.2, 0) is 35.0 Å². The normalized spacial score (nSPS) is 20.3. The van der Waals surface area contributed by atoms with Crippen LogP contribution < -0.4 is 0 Å². The van der Waals surface area contributed by atoms with Gasteiger partial charge >= 0.3 is 12.4 Å². The summed E-state index contributed by atoms with van der Waals surface area (Å²) in [6, 6.07) is 18.2. The number of alkyl halides is 6. The standard InChI is InChI=1S/2C25H23ClF3N5O2S/c2*1-32-6-7-33(13-19(32)14-35)24-31-23(36)22(37-24)9-15-2-5-21-17(8-15)11-30-34(21)12-16-3-4-18(26)10-20(16)25(27,28)29/h2*2-5,8-11,19,35H,6-7,12-14H2,1H3/t2*19-/m11/s1. The maximum absolute atomic E-state index is 13.5. The number of thioether (sulfide) groups is 2. The lowest BCUT2D eigenvalue weighted by Gasteiger charge is -2.39. The van der Waals surface area contributed by atoms with Crippen molar-refractivity contribution in [1.29, 1.82) is 0 Å². The van der Waals surface area contributed by atoms with Gasteiger partial charge in [0.05, 0.1) is 82.8 Å². The molecule has 6 aromatic rings. The van der Waals surface area contributed by atoms with Crippen molar-refractivity contribution in [3.8, 4) is 0 Å². The van der Waals surface area contributed by atoms with Crippen molar-refractivity contribution in [2.24, 2.45) is 9.98 Å². The highest BCUT2D eigenvalue weighted by Crippen LogP contribution is 2.38. The van der Waals surface area contributed by atoms with Gasteiger partial charge in [-0.1, -0.05) is 47.5 Å². The van der Waals surface area contributed by atoms with Gasteiger partial charge in [-0.3, -0.25) is 28.8 Å². The largest absolute Gasteiger partial charge is 0.416 e. The Balaban J connectivity index is 0.000000182. The van der Waals surface area contributed by atoms with Crippen molar-refractivity contribution in [2.75, 3.05) is 66.6 Å². The number of amidine groups is 2. The number of aliphatic imine (C=N–C) groups is 2. The van der Waals surface area contributed by atoms with Crippen LogP contribution in [0, 0.1) is 0 Å². The third-order valence-electron chi connectivity index (χ3n) is 13.1. The number of fused-ring (bicyclic) bond motifs is 2. The Morgan fingerprint density at radius 1 is 0.608 bits per heavy atom. The first kappa shape index (κ1) is 53.1. The molecule has 2 amide bonds. The van der Waals surface area contributed by atoms with E-state index >= 15 is 0 Å². The molecule has 0 bridgehead atoms. The second kappa shape index (κ2) is 21.9. The SMILES string of the molecule is CN1CCN(C2=NC(=O)C(=Cc3ccc4c(cnn4Cc4ccc(Cl)cc4C(F)(F)F)c3)S2)C[C@@H]1CO.CN1CCN(C2=NC(=O)C(=Cc3ccc4c(cnn4Cc4ccc(Cl)cc4C(F)(F)F)c3)S2)C[C@@H]1CO. The first-order valence-electron chi connectivity index (χ1n) is 23.0. The minimum Gasteiger partial charge on any atom is -0.395 e. The number of nitrogens with zero attached hydrogens (tertiary/aromatic N) is 10. The van der Waals surface area contributed by atoms with E-state index < -0.39 is 23.5 Å². The predicted molar refractivity (Wildman–Crippen MR) is 277 cm³/mol. The van der Waals surface area contributed by atoms with Gasteiger partial charge in [-0.05, 0) is 121 Å². The van der Waals surface area contributed by atoms with Crippen molar-refractivity contribution in [3.63, 3.8) is 0 Å². The van der Waals surface area contributed by atoms with Crippen molar-refractivity contribution >= 4 is 103 Å². The molecule has 2 N–H and O–H groups in total. The van der Waals surface area contributed by atoms with Crippen molar-refractivity contribution in [2.45, 2.75) is 37.5 Å². The average molecular weight is 1100 g/mol.